The van der Waals surface area contributed by atoms with E-state index in [0.29, 0.717) is 6.42 Å². The van der Waals surface area contributed by atoms with Gasteiger partial charge in [0.25, 0.3) is 5.91 Å². The summed E-state index contributed by atoms with van der Waals surface area (Å²) in [5.41, 5.74) is 0.793. The van der Waals surface area contributed by atoms with Gasteiger partial charge in [-0.3, -0.25) is 14.9 Å². The van der Waals surface area contributed by atoms with Crippen molar-refractivity contribution in [2.75, 3.05) is 6.54 Å². The van der Waals surface area contributed by atoms with Crippen LogP contribution < -0.4 is 5.32 Å². The number of fused-ring (bicyclic) bond motifs is 1. The van der Waals surface area contributed by atoms with Crippen molar-refractivity contribution in [1.29, 1.82) is 0 Å². The third kappa shape index (κ3) is 3.67. The lowest BCUT2D eigenvalue weighted by molar-refractivity contribution is -0.402. The summed E-state index contributed by atoms with van der Waals surface area (Å²) in [4.78, 5) is 21.7. The average molecular weight is 340 g/mol. The average Bonchev–Trinajstić information content (AvgIpc) is 3.11. The molecule has 1 heterocycles. The van der Waals surface area contributed by atoms with Gasteiger partial charge in [-0.05, 0) is 28.8 Å². The molecule has 0 bridgehead atoms. The van der Waals surface area contributed by atoms with Crippen LogP contribution in [0.2, 0.25) is 0 Å². The lowest BCUT2D eigenvalue weighted by Crippen LogP contribution is -2.25. The molecular weight excluding hydrogens is 324 g/mol. The molecule has 1 amide bonds. The molecule has 3 rings (SSSR count). The fourth-order valence-electron chi connectivity index (χ4n) is 2.65. The van der Waals surface area contributed by atoms with Gasteiger partial charge in [-0.15, -0.1) is 0 Å². The number of nitrogens with zero attached hydrogens (tertiary/aromatic N) is 1. The van der Waals surface area contributed by atoms with E-state index < -0.39 is 22.8 Å². The quantitative estimate of drug-likeness (QED) is 0.529. The van der Waals surface area contributed by atoms with Gasteiger partial charge in [0.1, 0.15) is 4.92 Å². The van der Waals surface area contributed by atoms with Crippen molar-refractivity contribution in [1.82, 2.24) is 5.32 Å². The molecule has 2 N–H and O–H groups in total. The van der Waals surface area contributed by atoms with Crippen molar-refractivity contribution in [3.8, 4) is 0 Å². The number of nitro groups is 1. The molecule has 0 aliphatic heterocycles. The maximum atomic E-state index is 11.9. The molecule has 7 heteroatoms. The fourth-order valence-corrected chi connectivity index (χ4v) is 2.65. The standard InChI is InChI=1S/C18H16N2O5/c21-15(14-7-3-5-12-4-1-2-6-13(12)14)10-11-19-18(22)16-8-9-17(25-16)20(23)24/h1-9,15,21H,10-11H2,(H,19,22). The Morgan fingerprint density at radius 3 is 2.68 bits per heavy atom. The highest BCUT2D eigenvalue weighted by molar-refractivity contribution is 5.91. The third-order valence-corrected chi connectivity index (χ3v) is 3.88. The molecule has 0 saturated heterocycles. The first-order valence-corrected chi connectivity index (χ1v) is 7.74. The molecule has 1 aromatic heterocycles. The van der Waals surface area contributed by atoms with E-state index in [9.17, 15) is 20.0 Å². The van der Waals surface area contributed by atoms with Crippen LogP contribution >= 0.6 is 0 Å². The van der Waals surface area contributed by atoms with Gasteiger partial charge in [-0.1, -0.05) is 42.5 Å². The molecule has 1 atom stereocenters. The molecule has 0 spiro atoms. The SMILES string of the molecule is O=C(NCCC(O)c1cccc2ccccc12)c1ccc([N+](=O)[O-])o1. The molecule has 0 saturated carbocycles. The minimum Gasteiger partial charge on any atom is -0.395 e. The Labute approximate surface area is 143 Å². The smallest absolute Gasteiger partial charge is 0.395 e. The Hall–Kier alpha value is -3.19. The summed E-state index contributed by atoms with van der Waals surface area (Å²) in [5.74, 6) is -1.18. The number of hydrogen-bond donors (Lipinski definition) is 2. The Bertz CT molecular complexity index is 913. The lowest BCUT2D eigenvalue weighted by atomic mass is 9.99. The van der Waals surface area contributed by atoms with Crippen LogP contribution in [0.15, 0.2) is 59.0 Å². The van der Waals surface area contributed by atoms with E-state index in [2.05, 4.69) is 5.32 Å². The molecule has 3 aromatic rings. The summed E-state index contributed by atoms with van der Waals surface area (Å²) in [6.07, 6.45) is -0.430. The number of rotatable bonds is 6. The number of aliphatic hydroxyl groups is 1. The van der Waals surface area contributed by atoms with Crippen molar-refractivity contribution in [2.45, 2.75) is 12.5 Å². The second-order valence-electron chi connectivity index (χ2n) is 5.52. The predicted molar refractivity (Wildman–Crippen MR) is 91.2 cm³/mol. The first-order valence-electron chi connectivity index (χ1n) is 7.74. The summed E-state index contributed by atoms with van der Waals surface area (Å²) in [6.45, 7) is 0.206. The number of furan rings is 1. The molecule has 1 unspecified atom stereocenters. The summed E-state index contributed by atoms with van der Waals surface area (Å²) in [6, 6.07) is 15.8. The van der Waals surface area contributed by atoms with E-state index in [4.69, 9.17) is 4.42 Å². The number of nitrogens with one attached hydrogen (secondary N) is 1. The van der Waals surface area contributed by atoms with Crippen LogP contribution in [0.1, 0.15) is 28.6 Å². The Balaban J connectivity index is 1.61. The predicted octanol–water partition coefficient (Wildman–Crippen LogP) is 3.19. The number of amides is 1. The lowest BCUT2D eigenvalue weighted by Gasteiger charge is -2.14. The van der Waals surface area contributed by atoms with Crippen LogP contribution in [-0.2, 0) is 0 Å². The summed E-state index contributed by atoms with van der Waals surface area (Å²) < 4.78 is 4.83. The van der Waals surface area contributed by atoms with E-state index in [-0.39, 0.29) is 12.3 Å². The zero-order valence-corrected chi connectivity index (χ0v) is 13.2. The Morgan fingerprint density at radius 2 is 1.92 bits per heavy atom. The minimum absolute atomic E-state index is 0.133. The number of carbonyl (C=O) groups is 1. The highest BCUT2D eigenvalue weighted by Crippen LogP contribution is 2.25. The summed E-state index contributed by atoms with van der Waals surface area (Å²) in [5, 5.41) is 25.5. The van der Waals surface area contributed by atoms with Crippen molar-refractivity contribution < 1.29 is 19.2 Å². The molecule has 25 heavy (non-hydrogen) atoms. The van der Waals surface area contributed by atoms with Crippen molar-refractivity contribution in [3.63, 3.8) is 0 Å². The Morgan fingerprint density at radius 1 is 1.16 bits per heavy atom. The highest BCUT2D eigenvalue weighted by atomic mass is 16.6. The van der Waals surface area contributed by atoms with Crippen LogP contribution in [0.25, 0.3) is 10.8 Å². The van der Waals surface area contributed by atoms with Crippen molar-refractivity contribution >= 4 is 22.6 Å². The van der Waals surface area contributed by atoms with E-state index in [1.165, 1.54) is 6.07 Å². The van der Waals surface area contributed by atoms with Crippen LogP contribution in [-0.4, -0.2) is 22.5 Å². The van der Waals surface area contributed by atoms with Gasteiger partial charge in [-0.2, -0.15) is 0 Å². The summed E-state index contributed by atoms with van der Waals surface area (Å²) >= 11 is 0. The summed E-state index contributed by atoms with van der Waals surface area (Å²) in [7, 11) is 0. The molecule has 128 valence electrons. The van der Waals surface area contributed by atoms with Gasteiger partial charge >= 0.3 is 5.88 Å². The van der Waals surface area contributed by atoms with Crippen LogP contribution in [0.5, 0.6) is 0 Å². The normalized spacial score (nSPS) is 12.0. The van der Waals surface area contributed by atoms with Crippen LogP contribution in [0, 0.1) is 10.1 Å². The van der Waals surface area contributed by atoms with E-state index in [1.807, 2.05) is 42.5 Å². The molecule has 7 nitrogen and oxygen atoms in total. The van der Waals surface area contributed by atoms with Crippen LogP contribution in [0.3, 0.4) is 0 Å². The highest BCUT2D eigenvalue weighted by Gasteiger charge is 2.17. The van der Waals surface area contributed by atoms with E-state index >= 15 is 0 Å². The van der Waals surface area contributed by atoms with Crippen molar-refractivity contribution in [3.05, 3.63) is 76.0 Å². The molecule has 0 aliphatic carbocycles. The fraction of sp³-hybridized carbons (Fsp3) is 0.167. The van der Waals surface area contributed by atoms with Gasteiger partial charge < -0.3 is 14.8 Å². The zero-order valence-electron chi connectivity index (χ0n) is 13.2. The number of hydrogen-bond acceptors (Lipinski definition) is 5. The largest absolute Gasteiger partial charge is 0.433 e. The van der Waals surface area contributed by atoms with Crippen LogP contribution in [0.4, 0.5) is 5.88 Å². The first kappa shape index (κ1) is 16.7. The number of aliphatic hydroxyl groups excluding tert-OH is 1. The molecule has 2 aromatic carbocycles. The van der Waals surface area contributed by atoms with E-state index in [1.54, 1.807) is 0 Å². The molecule has 0 radical (unpaired) electrons. The number of carbonyl (C=O) groups excluding carboxylic acids is 1. The van der Waals surface area contributed by atoms with Gasteiger partial charge in [0.05, 0.1) is 12.2 Å². The zero-order chi connectivity index (χ0) is 17.8. The molecular formula is C18H16N2O5. The van der Waals surface area contributed by atoms with Gasteiger partial charge in [0.15, 0.2) is 5.76 Å². The maximum absolute atomic E-state index is 11.9. The monoisotopic (exact) mass is 340 g/mol. The molecule has 0 aliphatic rings. The maximum Gasteiger partial charge on any atom is 0.433 e. The van der Waals surface area contributed by atoms with E-state index in [0.717, 1.165) is 22.4 Å². The Kier molecular flexibility index (Phi) is 4.76. The first-order chi connectivity index (χ1) is 12.1. The van der Waals surface area contributed by atoms with Crippen molar-refractivity contribution in [2.24, 2.45) is 0 Å². The van der Waals surface area contributed by atoms with Gasteiger partial charge in [0.2, 0.25) is 0 Å². The topological polar surface area (TPSA) is 106 Å². The molecule has 0 fully saturated rings. The second-order valence-corrected chi connectivity index (χ2v) is 5.52. The van der Waals surface area contributed by atoms with Gasteiger partial charge in [-0.25, -0.2) is 0 Å². The number of benzene rings is 2. The van der Waals surface area contributed by atoms with Gasteiger partial charge in [0, 0.05) is 6.54 Å². The minimum atomic E-state index is -0.739. The second kappa shape index (κ2) is 7.14. The third-order valence-electron chi connectivity index (χ3n) is 3.88.